The lowest BCUT2D eigenvalue weighted by Crippen LogP contribution is -2.45. The molecule has 0 spiro atoms. The number of aromatic nitrogens is 1. The maximum absolute atomic E-state index is 12.1. The molecule has 1 aromatic heterocycles. The van der Waals surface area contributed by atoms with Crippen LogP contribution in [0.2, 0.25) is 0 Å². The molecule has 3 N–H and O–H groups in total. The highest BCUT2D eigenvalue weighted by Crippen LogP contribution is 2.32. The van der Waals surface area contributed by atoms with Crippen molar-refractivity contribution in [1.82, 2.24) is 15.2 Å². The Morgan fingerprint density at radius 3 is 3.00 bits per heavy atom. The van der Waals surface area contributed by atoms with E-state index in [0.717, 1.165) is 29.9 Å². The van der Waals surface area contributed by atoms with Gasteiger partial charge in [0.05, 0.1) is 21.8 Å². The van der Waals surface area contributed by atoms with E-state index in [-0.39, 0.29) is 18.4 Å². The van der Waals surface area contributed by atoms with E-state index in [4.69, 9.17) is 10.7 Å². The number of para-hydroxylation sites is 1. The normalized spacial score (nSPS) is 18.4. The Hall–Kier alpha value is -2.15. The largest absolute Gasteiger partial charge is 0.352 e. The Kier molecular flexibility index (Phi) is 4.24. The minimum atomic E-state index is -0.673. The van der Waals surface area contributed by atoms with Crippen molar-refractivity contribution in [3.8, 4) is 0 Å². The van der Waals surface area contributed by atoms with Crippen LogP contribution in [0, 0.1) is 0 Å². The molecular weight excluding hydrogens is 300 g/mol. The second-order valence-corrected chi connectivity index (χ2v) is 6.48. The average molecular weight is 318 g/mol. The third kappa shape index (κ3) is 3.19. The van der Waals surface area contributed by atoms with Crippen LogP contribution in [0.1, 0.15) is 23.8 Å². The zero-order valence-corrected chi connectivity index (χ0v) is 12.9. The lowest BCUT2D eigenvalue weighted by Gasteiger charge is -2.31. The average Bonchev–Trinajstić information content (AvgIpc) is 2.96. The third-order valence-corrected chi connectivity index (χ3v) is 5.05. The van der Waals surface area contributed by atoms with Crippen molar-refractivity contribution in [3.05, 3.63) is 29.3 Å². The summed E-state index contributed by atoms with van der Waals surface area (Å²) in [4.78, 5) is 29.3. The molecule has 3 rings (SSSR count). The number of nitrogens with one attached hydrogen (secondary N) is 1. The maximum Gasteiger partial charge on any atom is 0.312 e. The van der Waals surface area contributed by atoms with Gasteiger partial charge in [-0.15, -0.1) is 11.3 Å². The first-order chi connectivity index (χ1) is 10.6. The van der Waals surface area contributed by atoms with Crippen LogP contribution in [-0.2, 0) is 4.79 Å². The van der Waals surface area contributed by atoms with Crippen LogP contribution in [0.4, 0.5) is 4.79 Å². The van der Waals surface area contributed by atoms with Crippen LogP contribution in [0.5, 0.6) is 0 Å². The summed E-state index contributed by atoms with van der Waals surface area (Å²) in [7, 11) is 0. The molecule has 0 aliphatic carbocycles. The summed E-state index contributed by atoms with van der Waals surface area (Å²) in [5.74, 6) is 0.174. The number of hydrogen-bond donors (Lipinski definition) is 2. The number of amides is 3. The van der Waals surface area contributed by atoms with E-state index in [0.29, 0.717) is 6.54 Å². The monoisotopic (exact) mass is 318 g/mol. The topological polar surface area (TPSA) is 88.3 Å². The van der Waals surface area contributed by atoms with Crippen LogP contribution in [-0.4, -0.2) is 41.5 Å². The molecule has 6 nitrogen and oxygen atoms in total. The standard InChI is InChI=1S/C15H18N4O2S/c16-15(21)17-8-13(20)19-7-3-4-10(9-19)14-18-11-5-1-2-6-12(11)22-14/h1-2,5-6,10H,3-4,7-9H2,(H3,16,17,21)/t10-/m1/s1. The summed E-state index contributed by atoms with van der Waals surface area (Å²) in [6.45, 7) is 1.33. The number of fused-ring (bicyclic) bond motifs is 1. The Bertz CT molecular complexity index is 667. The molecule has 116 valence electrons. The van der Waals surface area contributed by atoms with Crippen LogP contribution in [0.3, 0.4) is 0 Å². The van der Waals surface area contributed by atoms with E-state index in [9.17, 15) is 9.59 Å². The summed E-state index contributed by atoms with van der Waals surface area (Å²) >= 11 is 1.70. The van der Waals surface area contributed by atoms with E-state index >= 15 is 0 Å². The lowest BCUT2D eigenvalue weighted by molar-refractivity contribution is -0.131. The van der Waals surface area contributed by atoms with Crippen molar-refractivity contribution in [2.45, 2.75) is 18.8 Å². The number of primary amides is 1. The fourth-order valence-electron chi connectivity index (χ4n) is 2.74. The molecule has 3 amide bonds. The van der Waals surface area contributed by atoms with Gasteiger partial charge in [-0.25, -0.2) is 9.78 Å². The second-order valence-electron chi connectivity index (χ2n) is 5.42. The number of nitrogens with two attached hydrogens (primary N) is 1. The van der Waals surface area contributed by atoms with Gasteiger partial charge >= 0.3 is 6.03 Å². The number of hydrogen-bond acceptors (Lipinski definition) is 4. The van der Waals surface area contributed by atoms with Gasteiger partial charge in [-0.1, -0.05) is 12.1 Å². The molecule has 1 fully saturated rings. The molecule has 1 aliphatic heterocycles. The zero-order valence-electron chi connectivity index (χ0n) is 12.1. The fourth-order valence-corrected chi connectivity index (χ4v) is 3.84. The van der Waals surface area contributed by atoms with Crippen molar-refractivity contribution in [3.63, 3.8) is 0 Å². The first kappa shape index (κ1) is 14.8. The van der Waals surface area contributed by atoms with Crippen LogP contribution in [0.15, 0.2) is 24.3 Å². The summed E-state index contributed by atoms with van der Waals surface area (Å²) in [5.41, 5.74) is 6.02. The molecule has 2 aromatic rings. The highest BCUT2D eigenvalue weighted by Gasteiger charge is 2.26. The second kappa shape index (κ2) is 6.31. The van der Waals surface area contributed by atoms with Crippen molar-refractivity contribution < 1.29 is 9.59 Å². The summed E-state index contributed by atoms with van der Waals surface area (Å²) in [6.07, 6.45) is 1.98. The highest BCUT2D eigenvalue weighted by molar-refractivity contribution is 7.18. The quantitative estimate of drug-likeness (QED) is 0.902. The first-order valence-electron chi connectivity index (χ1n) is 7.30. The van der Waals surface area contributed by atoms with E-state index in [2.05, 4.69) is 11.4 Å². The Labute approximate surface area is 132 Å². The smallest absolute Gasteiger partial charge is 0.312 e. The van der Waals surface area contributed by atoms with Gasteiger partial charge in [0.1, 0.15) is 0 Å². The molecule has 0 saturated carbocycles. The van der Waals surface area contributed by atoms with Crippen LogP contribution in [0.25, 0.3) is 10.2 Å². The predicted octanol–water partition coefficient (Wildman–Crippen LogP) is 1.67. The van der Waals surface area contributed by atoms with E-state index in [1.54, 1.807) is 16.2 Å². The number of urea groups is 1. The number of benzene rings is 1. The van der Waals surface area contributed by atoms with Crippen molar-refractivity contribution >= 4 is 33.5 Å². The van der Waals surface area contributed by atoms with E-state index in [1.807, 2.05) is 18.2 Å². The molecule has 1 atom stereocenters. The molecule has 1 aromatic carbocycles. The molecule has 0 unspecified atom stereocenters. The summed E-state index contributed by atoms with van der Waals surface area (Å²) < 4.78 is 1.18. The lowest BCUT2D eigenvalue weighted by atomic mass is 9.98. The van der Waals surface area contributed by atoms with Gasteiger partial charge in [0.25, 0.3) is 0 Å². The highest BCUT2D eigenvalue weighted by atomic mass is 32.1. The number of carbonyl (C=O) groups is 2. The minimum absolute atomic E-state index is 0.0398. The number of rotatable bonds is 3. The van der Waals surface area contributed by atoms with E-state index in [1.165, 1.54) is 4.70 Å². The van der Waals surface area contributed by atoms with Gasteiger partial charge < -0.3 is 16.0 Å². The molecule has 7 heteroatoms. The number of thiazole rings is 1. The first-order valence-corrected chi connectivity index (χ1v) is 8.11. The van der Waals surface area contributed by atoms with Crippen LogP contribution >= 0.6 is 11.3 Å². The molecule has 0 radical (unpaired) electrons. The molecular formula is C15H18N4O2S. The summed E-state index contributed by atoms with van der Waals surface area (Å²) in [5, 5.41) is 3.44. The van der Waals surface area contributed by atoms with Gasteiger partial charge in [0.2, 0.25) is 5.91 Å². The maximum atomic E-state index is 12.1. The number of carbonyl (C=O) groups excluding carboxylic acids is 2. The molecule has 2 heterocycles. The fraction of sp³-hybridized carbons (Fsp3) is 0.400. The third-order valence-electron chi connectivity index (χ3n) is 3.85. The zero-order chi connectivity index (χ0) is 15.5. The molecule has 1 aliphatic rings. The molecule has 0 bridgehead atoms. The Balaban J connectivity index is 1.69. The molecule has 1 saturated heterocycles. The van der Waals surface area contributed by atoms with Gasteiger partial charge in [-0.05, 0) is 25.0 Å². The van der Waals surface area contributed by atoms with Crippen molar-refractivity contribution in [2.24, 2.45) is 5.73 Å². The van der Waals surface area contributed by atoms with E-state index < -0.39 is 6.03 Å². The van der Waals surface area contributed by atoms with Gasteiger partial charge in [-0.3, -0.25) is 4.79 Å². The van der Waals surface area contributed by atoms with Gasteiger partial charge in [0, 0.05) is 19.0 Å². The number of likely N-dealkylation sites (tertiary alicyclic amines) is 1. The summed E-state index contributed by atoms with van der Waals surface area (Å²) in [6, 6.07) is 7.40. The number of piperidine rings is 1. The van der Waals surface area contributed by atoms with Gasteiger partial charge in [-0.2, -0.15) is 0 Å². The predicted molar refractivity (Wildman–Crippen MR) is 85.8 cm³/mol. The van der Waals surface area contributed by atoms with Crippen LogP contribution < -0.4 is 11.1 Å². The Morgan fingerprint density at radius 2 is 2.23 bits per heavy atom. The number of nitrogens with zero attached hydrogens (tertiary/aromatic N) is 2. The van der Waals surface area contributed by atoms with Crippen molar-refractivity contribution in [2.75, 3.05) is 19.6 Å². The molecule has 22 heavy (non-hydrogen) atoms. The Morgan fingerprint density at radius 1 is 1.41 bits per heavy atom. The van der Waals surface area contributed by atoms with Gasteiger partial charge in [0.15, 0.2) is 0 Å². The SMILES string of the molecule is NC(=O)NCC(=O)N1CCC[C@@H](c2nc3ccccc3s2)C1. The van der Waals surface area contributed by atoms with Crippen molar-refractivity contribution in [1.29, 1.82) is 0 Å². The minimum Gasteiger partial charge on any atom is -0.352 e.